The van der Waals surface area contributed by atoms with Gasteiger partial charge in [-0.05, 0) is 30.7 Å². The molecule has 0 saturated heterocycles. The predicted octanol–water partition coefficient (Wildman–Crippen LogP) is 2.61. The maximum absolute atomic E-state index is 11.2. The topological polar surface area (TPSA) is 55.4 Å². The van der Waals surface area contributed by atoms with Crippen molar-refractivity contribution >= 4 is 23.6 Å². The number of anilines is 1. The molecule has 1 amide bonds. The number of hydrogen-bond acceptors (Lipinski definition) is 3. The summed E-state index contributed by atoms with van der Waals surface area (Å²) in [6.45, 7) is 3.92. The summed E-state index contributed by atoms with van der Waals surface area (Å²) in [6.07, 6.45) is 3.50. The molecule has 1 aromatic rings. The molecule has 1 N–H and O–H groups in total. The lowest BCUT2D eigenvalue weighted by molar-refractivity contribution is -0.137. The lowest BCUT2D eigenvalue weighted by atomic mass is 10.2. The van der Waals surface area contributed by atoms with Gasteiger partial charge in [-0.25, -0.2) is 4.79 Å². The Kier molecular flexibility index (Phi) is 5.64. The number of amides is 1. The van der Waals surface area contributed by atoms with E-state index < -0.39 is 0 Å². The Bertz CT molecular complexity index is 435. The van der Waals surface area contributed by atoms with Gasteiger partial charge in [0.05, 0.1) is 6.61 Å². The van der Waals surface area contributed by atoms with Crippen LogP contribution >= 0.6 is 0 Å². The van der Waals surface area contributed by atoms with E-state index in [2.05, 4.69) is 5.32 Å². The molecule has 1 aromatic carbocycles. The van der Waals surface area contributed by atoms with Crippen LogP contribution in [0.4, 0.5) is 5.69 Å². The molecule has 0 heterocycles. The van der Waals surface area contributed by atoms with Gasteiger partial charge in [0.2, 0.25) is 5.91 Å². The number of hydrogen-bond donors (Lipinski definition) is 1. The van der Waals surface area contributed by atoms with Crippen LogP contribution in [0.2, 0.25) is 0 Å². The predicted molar refractivity (Wildman–Crippen MR) is 71.0 cm³/mol. The van der Waals surface area contributed by atoms with Crippen molar-refractivity contribution in [3.05, 3.63) is 35.9 Å². The highest BCUT2D eigenvalue weighted by Gasteiger charge is 1.98. The molecule has 0 radical (unpaired) electrons. The minimum absolute atomic E-state index is 0.0233. The second-order valence-electron chi connectivity index (χ2n) is 3.61. The Labute approximate surface area is 107 Å². The van der Waals surface area contributed by atoms with Gasteiger partial charge < -0.3 is 10.1 Å². The van der Waals surface area contributed by atoms with Gasteiger partial charge in [-0.1, -0.05) is 19.1 Å². The monoisotopic (exact) mass is 247 g/mol. The maximum atomic E-state index is 11.2. The number of carbonyl (C=O) groups is 2. The van der Waals surface area contributed by atoms with Crippen LogP contribution in [0.1, 0.15) is 25.8 Å². The van der Waals surface area contributed by atoms with Crippen LogP contribution in [0.3, 0.4) is 0 Å². The lowest BCUT2D eigenvalue weighted by Crippen LogP contribution is -2.09. The van der Waals surface area contributed by atoms with Crippen LogP contribution in [-0.4, -0.2) is 18.5 Å². The van der Waals surface area contributed by atoms with Gasteiger partial charge in [-0.3, -0.25) is 4.79 Å². The first-order valence-electron chi connectivity index (χ1n) is 5.90. The van der Waals surface area contributed by atoms with Crippen molar-refractivity contribution in [3.63, 3.8) is 0 Å². The van der Waals surface area contributed by atoms with Crippen LogP contribution in [0.25, 0.3) is 6.08 Å². The molecule has 0 aliphatic rings. The van der Waals surface area contributed by atoms with E-state index in [4.69, 9.17) is 4.74 Å². The summed E-state index contributed by atoms with van der Waals surface area (Å²) in [7, 11) is 0. The van der Waals surface area contributed by atoms with E-state index >= 15 is 0 Å². The van der Waals surface area contributed by atoms with Gasteiger partial charge in [-0.2, -0.15) is 0 Å². The SMILES string of the molecule is CCOC(=O)/C=C/c1ccc(NC(=O)CC)cc1. The van der Waals surface area contributed by atoms with E-state index in [9.17, 15) is 9.59 Å². The van der Waals surface area contributed by atoms with Gasteiger partial charge in [0.1, 0.15) is 0 Å². The fourth-order valence-electron chi connectivity index (χ4n) is 1.28. The van der Waals surface area contributed by atoms with Crippen molar-refractivity contribution in [2.24, 2.45) is 0 Å². The standard InChI is InChI=1S/C14H17NO3/c1-3-13(16)15-12-8-5-11(6-9-12)7-10-14(17)18-4-2/h5-10H,3-4H2,1-2H3,(H,15,16)/b10-7+. The number of esters is 1. The Morgan fingerprint density at radius 3 is 2.44 bits per heavy atom. The molecule has 0 aliphatic heterocycles. The highest BCUT2D eigenvalue weighted by Crippen LogP contribution is 2.11. The van der Waals surface area contributed by atoms with E-state index in [1.165, 1.54) is 6.08 Å². The zero-order valence-electron chi connectivity index (χ0n) is 10.6. The highest BCUT2D eigenvalue weighted by atomic mass is 16.5. The number of nitrogens with one attached hydrogen (secondary N) is 1. The molecule has 0 aromatic heterocycles. The van der Waals surface area contributed by atoms with E-state index in [-0.39, 0.29) is 11.9 Å². The summed E-state index contributed by atoms with van der Waals surface area (Å²) in [4.78, 5) is 22.3. The zero-order valence-corrected chi connectivity index (χ0v) is 10.6. The highest BCUT2D eigenvalue weighted by molar-refractivity contribution is 5.90. The Hall–Kier alpha value is -2.10. The third kappa shape index (κ3) is 4.82. The first-order chi connectivity index (χ1) is 8.65. The van der Waals surface area contributed by atoms with Crippen LogP contribution in [0, 0.1) is 0 Å². The summed E-state index contributed by atoms with van der Waals surface area (Å²) < 4.78 is 4.77. The van der Waals surface area contributed by atoms with E-state index in [1.54, 1.807) is 32.1 Å². The summed E-state index contributed by atoms with van der Waals surface area (Å²) in [6, 6.07) is 7.22. The third-order valence-electron chi connectivity index (χ3n) is 2.21. The smallest absolute Gasteiger partial charge is 0.330 e. The average Bonchev–Trinajstić information content (AvgIpc) is 2.38. The normalized spacial score (nSPS) is 10.3. The number of benzene rings is 1. The molecule has 0 aliphatic carbocycles. The van der Waals surface area contributed by atoms with Crippen molar-refractivity contribution in [3.8, 4) is 0 Å². The van der Waals surface area contributed by atoms with Gasteiger partial charge in [0.25, 0.3) is 0 Å². The maximum Gasteiger partial charge on any atom is 0.330 e. The molecule has 0 bridgehead atoms. The van der Waals surface area contributed by atoms with Crippen molar-refractivity contribution in [1.29, 1.82) is 0 Å². The molecular weight excluding hydrogens is 230 g/mol. The summed E-state index contributed by atoms with van der Waals surface area (Å²) in [5, 5.41) is 2.75. The van der Waals surface area contributed by atoms with Crippen LogP contribution < -0.4 is 5.32 Å². The zero-order chi connectivity index (χ0) is 13.4. The Morgan fingerprint density at radius 1 is 1.22 bits per heavy atom. The van der Waals surface area contributed by atoms with Crippen molar-refractivity contribution < 1.29 is 14.3 Å². The lowest BCUT2D eigenvalue weighted by Gasteiger charge is -2.03. The number of carbonyl (C=O) groups excluding carboxylic acids is 2. The molecule has 96 valence electrons. The van der Waals surface area contributed by atoms with Crippen molar-refractivity contribution in [2.45, 2.75) is 20.3 Å². The molecule has 0 spiro atoms. The number of rotatable bonds is 5. The molecule has 0 saturated carbocycles. The second kappa shape index (κ2) is 7.27. The summed E-state index contributed by atoms with van der Waals surface area (Å²) in [5.41, 5.74) is 1.62. The summed E-state index contributed by atoms with van der Waals surface area (Å²) >= 11 is 0. The first-order valence-corrected chi connectivity index (χ1v) is 5.90. The quantitative estimate of drug-likeness (QED) is 0.642. The molecule has 0 fully saturated rings. The molecule has 4 nitrogen and oxygen atoms in total. The van der Waals surface area contributed by atoms with E-state index in [0.29, 0.717) is 13.0 Å². The largest absolute Gasteiger partial charge is 0.463 e. The minimum atomic E-state index is -0.360. The minimum Gasteiger partial charge on any atom is -0.463 e. The van der Waals surface area contributed by atoms with Gasteiger partial charge in [0.15, 0.2) is 0 Å². The van der Waals surface area contributed by atoms with Crippen LogP contribution in [-0.2, 0) is 14.3 Å². The number of ether oxygens (including phenoxy) is 1. The molecule has 1 rings (SSSR count). The Balaban J connectivity index is 2.60. The van der Waals surface area contributed by atoms with Crippen LogP contribution in [0.5, 0.6) is 0 Å². The average molecular weight is 247 g/mol. The fraction of sp³-hybridized carbons (Fsp3) is 0.286. The first kappa shape index (κ1) is 14.0. The molecular formula is C14H17NO3. The fourth-order valence-corrected chi connectivity index (χ4v) is 1.28. The van der Waals surface area contributed by atoms with Gasteiger partial charge in [-0.15, -0.1) is 0 Å². The van der Waals surface area contributed by atoms with Crippen LogP contribution in [0.15, 0.2) is 30.3 Å². The molecule has 0 atom stereocenters. The summed E-state index contributed by atoms with van der Waals surface area (Å²) in [5.74, 6) is -0.384. The van der Waals surface area contributed by atoms with Crippen molar-refractivity contribution in [2.75, 3.05) is 11.9 Å². The molecule has 18 heavy (non-hydrogen) atoms. The van der Waals surface area contributed by atoms with Crippen molar-refractivity contribution in [1.82, 2.24) is 0 Å². The molecule has 0 unspecified atom stereocenters. The van der Waals surface area contributed by atoms with E-state index in [1.807, 2.05) is 12.1 Å². The third-order valence-corrected chi connectivity index (χ3v) is 2.21. The Morgan fingerprint density at radius 2 is 1.89 bits per heavy atom. The molecule has 4 heteroatoms. The van der Waals surface area contributed by atoms with Gasteiger partial charge in [0, 0.05) is 18.2 Å². The van der Waals surface area contributed by atoms with E-state index in [0.717, 1.165) is 11.3 Å². The van der Waals surface area contributed by atoms with Gasteiger partial charge >= 0.3 is 5.97 Å². The second-order valence-corrected chi connectivity index (χ2v) is 3.61.